The number of carboxylic acids is 1. The summed E-state index contributed by atoms with van der Waals surface area (Å²) in [4.78, 5) is 35.8. The number of piperidine rings is 1. The molecule has 3 rings (SSSR count). The third-order valence-electron chi connectivity index (χ3n) is 6.30. The molecule has 1 amide bonds. The number of nitrogens with zero attached hydrogens (tertiary/aromatic N) is 3. The standard InChI is InChI=1S/C27H39N5O4/c1-25(2,3)27(18-22(33)34,36-26(4,5)6)31-23(35)19-8-10-21(11-9-19)32-16-12-20(13-17-32)30-24-28-14-7-15-29-24/h7-11,14-15,20H,12-13,16-18H2,1-6H3,(H,31,35)(H,33,34)(H,28,29,30). The van der Waals surface area contributed by atoms with Gasteiger partial charge in [-0.15, -0.1) is 0 Å². The highest BCUT2D eigenvalue weighted by atomic mass is 16.5. The molecule has 9 nitrogen and oxygen atoms in total. The molecule has 9 heteroatoms. The highest BCUT2D eigenvalue weighted by Crippen LogP contribution is 2.38. The summed E-state index contributed by atoms with van der Waals surface area (Å²) in [6.45, 7) is 12.9. The fourth-order valence-corrected chi connectivity index (χ4v) is 4.36. The van der Waals surface area contributed by atoms with Gasteiger partial charge in [0.05, 0.1) is 12.0 Å². The predicted octanol–water partition coefficient (Wildman–Crippen LogP) is 4.32. The lowest BCUT2D eigenvalue weighted by atomic mass is 9.79. The Morgan fingerprint density at radius 2 is 1.61 bits per heavy atom. The molecular formula is C27H39N5O4. The zero-order chi connectivity index (χ0) is 26.6. The number of anilines is 2. The van der Waals surface area contributed by atoms with E-state index in [2.05, 4.69) is 25.5 Å². The third kappa shape index (κ3) is 7.16. The molecule has 0 aliphatic carbocycles. The van der Waals surface area contributed by atoms with E-state index in [0.717, 1.165) is 31.6 Å². The maximum Gasteiger partial charge on any atom is 0.308 e. The van der Waals surface area contributed by atoms with Crippen molar-refractivity contribution in [1.82, 2.24) is 15.3 Å². The molecule has 0 radical (unpaired) electrons. The zero-order valence-electron chi connectivity index (χ0n) is 22.2. The first-order chi connectivity index (χ1) is 16.8. The number of carbonyl (C=O) groups is 2. The van der Waals surface area contributed by atoms with Gasteiger partial charge in [-0.3, -0.25) is 9.59 Å². The molecule has 0 bridgehead atoms. The Bertz CT molecular complexity index is 1020. The van der Waals surface area contributed by atoms with E-state index >= 15 is 0 Å². The van der Waals surface area contributed by atoms with Crippen LogP contribution < -0.4 is 15.5 Å². The second-order valence-corrected chi connectivity index (χ2v) is 11.3. The van der Waals surface area contributed by atoms with Gasteiger partial charge >= 0.3 is 5.97 Å². The fraction of sp³-hybridized carbons (Fsp3) is 0.556. The summed E-state index contributed by atoms with van der Waals surface area (Å²) in [6, 6.07) is 9.53. The van der Waals surface area contributed by atoms with Gasteiger partial charge in [0.15, 0.2) is 5.72 Å². The minimum atomic E-state index is -1.38. The van der Waals surface area contributed by atoms with Gasteiger partial charge in [-0.2, -0.15) is 0 Å². The van der Waals surface area contributed by atoms with Crippen LogP contribution in [0, 0.1) is 5.41 Å². The average molecular weight is 498 g/mol. The summed E-state index contributed by atoms with van der Waals surface area (Å²) in [6.07, 6.45) is 5.01. The van der Waals surface area contributed by atoms with E-state index in [0.29, 0.717) is 17.6 Å². The summed E-state index contributed by atoms with van der Waals surface area (Å²) >= 11 is 0. The number of carboxylic acid groups (broad SMARTS) is 1. The number of nitrogens with one attached hydrogen (secondary N) is 2. The molecule has 1 atom stereocenters. The van der Waals surface area contributed by atoms with Gasteiger partial charge in [0.25, 0.3) is 5.91 Å². The van der Waals surface area contributed by atoms with Gasteiger partial charge in [0, 0.05) is 48.2 Å². The number of amides is 1. The van der Waals surface area contributed by atoms with E-state index in [1.165, 1.54) is 0 Å². The number of aliphatic carboxylic acids is 1. The molecule has 1 aliphatic rings. The van der Waals surface area contributed by atoms with Gasteiger partial charge in [-0.1, -0.05) is 20.8 Å². The Kier molecular flexibility index (Phi) is 8.23. The molecule has 1 aromatic heterocycles. The Hall–Kier alpha value is -3.20. The van der Waals surface area contributed by atoms with E-state index in [1.54, 1.807) is 30.6 Å². The van der Waals surface area contributed by atoms with Crippen molar-refractivity contribution in [2.45, 2.75) is 78.2 Å². The minimum absolute atomic E-state index is 0.316. The van der Waals surface area contributed by atoms with Crippen molar-refractivity contribution in [3.05, 3.63) is 48.3 Å². The molecule has 1 unspecified atom stereocenters. The molecule has 3 N–H and O–H groups in total. The molecule has 0 spiro atoms. The van der Waals surface area contributed by atoms with E-state index in [-0.39, 0.29) is 12.3 Å². The fourth-order valence-electron chi connectivity index (χ4n) is 4.36. The van der Waals surface area contributed by atoms with Crippen LogP contribution in [0.4, 0.5) is 11.6 Å². The summed E-state index contributed by atoms with van der Waals surface area (Å²) in [7, 11) is 0. The first-order valence-electron chi connectivity index (χ1n) is 12.4. The number of aromatic nitrogens is 2. The van der Waals surface area contributed by atoms with E-state index < -0.39 is 22.7 Å². The molecule has 1 aromatic carbocycles. The lowest BCUT2D eigenvalue weighted by Gasteiger charge is -2.47. The molecule has 1 fully saturated rings. The number of benzene rings is 1. The Morgan fingerprint density at radius 3 is 2.11 bits per heavy atom. The summed E-state index contributed by atoms with van der Waals surface area (Å²) < 4.78 is 6.23. The van der Waals surface area contributed by atoms with Gasteiger partial charge in [-0.25, -0.2) is 9.97 Å². The van der Waals surface area contributed by atoms with E-state index in [9.17, 15) is 14.7 Å². The highest BCUT2D eigenvalue weighted by molar-refractivity contribution is 5.95. The van der Waals surface area contributed by atoms with Crippen LogP contribution in [0.2, 0.25) is 0 Å². The molecule has 36 heavy (non-hydrogen) atoms. The first kappa shape index (κ1) is 27.4. The van der Waals surface area contributed by atoms with Crippen LogP contribution in [0.5, 0.6) is 0 Å². The van der Waals surface area contributed by atoms with Crippen molar-refractivity contribution in [3.63, 3.8) is 0 Å². The summed E-state index contributed by atoms with van der Waals surface area (Å²) in [5, 5.41) is 15.9. The number of carbonyl (C=O) groups excluding carboxylic acids is 1. The highest BCUT2D eigenvalue weighted by Gasteiger charge is 2.48. The normalized spacial score (nSPS) is 16.8. The monoisotopic (exact) mass is 497 g/mol. The Balaban J connectivity index is 1.67. The van der Waals surface area contributed by atoms with Gasteiger partial charge in [-0.05, 0) is 63.9 Å². The number of hydrogen-bond donors (Lipinski definition) is 3. The molecule has 196 valence electrons. The number of ether oxygens (including phenoxy) is 1. The maximum atomic E-state index is 13.3. The number of hydrogen-bond acceptors (Lipinski definition) is 7. The minimum Gasteiger partial charge on any atom is -0.481 e. The smallest absolute Gasteiger partial charge is 0.308 e. The Morgan fingerprint density at radius 1 is 1.03 bits per heavy atom. The van der Waals surface area contributed by atoms with Crippen LogP contribution in [0.25, 0.3) is 0 Å². The summed E-state index contributed by atoms with van der Waals surface area (Å²) in [5.74, 6) is -0.759. The SMILES string of the molecule is CC(C)(C)OC(CC(=O)O)(NC(=O)c1ccc(N2CCC(Nc3ncccn3)CC2)cc1)C(C)(C)C. The second kappa shape index (κ2) is 10.8. The molecular weight excluding hydrogens is 458 g/mol. The first-order valence-corrected chi connectivity index (χ1v) is 12.4. The van der Waals surface area contributed by atoms with Gasteiger partial charge in [0.1, 0.15) is 0 Å². The van der Waals surface area contributed by atoms with Gasteiger partial charge in [0.2, 0.25) is 5.95 Å². The predicted molar refractivity (Wildman–Crippen MR) is 140 cm³/mol. The maximum absolute atomic E-state index is 13.3. The van der Waals surface area contributed by atoms with Crippen LogP contribution in [-0.4, -0.2) is 57.4 Å². The van der Waals surface area contributed by atoms with Crippen molar-refractivity contribution in [3.8, 4) is 0 Å². The van der Waals surface area contributed by atoms with Gasteiger partial charge < -0.3 is 25.4 Å². The number of rotatable bonds is 8. The third-order valence-corrected chi connectivity index (χ3v) is 6.30. The van der Waals surface area contributed by atoms with Crippen molar-refractivity contribution >= 4 is 23.5 Å². The molecule has 0 saturated carbocycles. The quantitative estimate of drug-likeness (QED) is 0.462. The molecule has 2 aromatic rings. The van der Waals surface area contributed by atoms with Crippen molar-refractivity contribution < 1.29 is 19.4 Å². The van der Waals surface area contributed by atoms with E-state index in [4.69, 9.17) is 4.74 Å². The van der Waals surface area contributed by atoms with Crippen molar-refractivity contribution in [2.24, 2.45) is 5.41 Å². The van der Waals surface area contributed by atoms with Crippen molar-refractivity contribution in [2.75, 3.05) is 23.3 Å². The molecule has 2 heterocycles. The topological polar surface area (TPSA) is 117 Å². The average Bonchev–Trinajstić information content (AvgIpc) is 2.78. The van der Waals surface area contributed by atoms with Crippen LogP contribution in [0.1, 0.15) is 71.2 Å². The Labute approximate surface area is 213 Å². The summed E-state index contributed by atoms with van der Waals surface area (Å²) in [5.41, 5.74) is -1.22. The second-order valence-electron chi connectivity index (χ2n) is 11.3. The lowest BCUT2D eigenvalue weighted by molar-refractivity contribution is -0.203. The van der Waals surface area contributed by atoms with Crippen LogP contribution in [-0.2, 0) is 9.53 Å². The van der Waals surface area contributed by atoms with Crippen molar-refractivity contribution in [1.29, 1.82) is 0 Å². The molecule has 1 saturated heterocycles. The zero-order valence-corrected chi connectivity index (χ0v) is 22.2. The molecule has 1 aliphatic heterocycles. The van der Waals surface area contributed by atoms with E-state index in [1.807, 2.05) is 53.7 Å². The van der Waals surface area contributed by atoms with Crippen LogP contribution in [0.15, 0.2) is 42.7 Å². The van der Waals surface area contributed by atoms with Crippen LogP contribution >= 0.6 is 0 Å². The largest absolute Gasteiger partial charge is 0.481 e. The lowest BCUT2D eigenvalue weighted by Crippen LogP contribution is -2.62. The van der Waals surface area contributed by atoms with Crippen LogP contribution in [0.3, 0.4) is 0 Å².